The molecule has 1 amide bonds. The van der Waals surface area contributed by atoms with E-state index in [4.69, 9.17) is 0 Å². The third-order valence-corrected chi connectivity index (χ3v) is 6.42. The monoisotopic (exact) mass is 367 g/mol. The van der Waals surface area contributed by atoms with Gasteiger partial charge in [-0.1, -0.05) is 6.07 Å². The van der Waals surface area contributed by atoms with Crippen molar-refractivity contribution in [3.63, 3.8) is 0 Å². The number of nitrogens with zero attached hydrogens (tertiary/aromatic N) is 1. The summed E-state index contributed by atoms with van der Waals surface area (Å²) in [6.07, 6.45) is 0.769. The van der Waals surface area contributed by atoms with E-state index in [1.165, 1.54) is 11.3 Å². The van der Waals surface area contributed by atoms with Gasteiger partial charge in [-0.05, 0) is 76.8 Å². The lowest BCUT2D eigenvalue weighted by atomic mass is 9.81. The molecule has 2 aromatic rings. The zero-order valence-corrected chi connectivity index (χ0v) is 17.0. The number of hydrogen-bond donors (Lipinski definition) is 2. The highest BCUT2D eigenvalue weighted by molar-refractivity contribution is 7.17. The van der Waals surface area contributed by atoms with Gasteiger partial charge in [0.15, 0.2) is 0 Å². The van der Waals surface area contributed by atoms with E-state index in [1.807, 2.05) is 32.0 Å². The molecule has 3 rings (SSSR count). The highest BCUT2D eigenvalue weighted by atomic mass is 32.1. The third kappa shape index (κ3) is 3.27. The van der Waals surface area contributed by atoms with Gasteiger partial charge >= 0.3 is 0 Å². The van der Waals surface area contributed by atoms with Crippen molar-refractivity contribution in [1.29, 1.82) is 5.26 Å². The lowest BCUT2D eigenvalue weighted by molar-refractivity contribution is 0.102. The highest BCUT2D eigenvalue weighted by Crippen LogP contribution is 2.44. The summed E-state index contributed by atoms with van der Waals surface area (Å²) < 4.78 is 0. The first-order valence-corrected chi connectivity index (χ1v) is 9.60. The topological polar surface area (TPSA) is 64.9 Å². The van der Waals surface area contributed by atoms with Crippen LogP contribution >= 0.6 is 11.3 Å². The molecular formula is C21H25N3OS. The first kappa shape index (κ1) is 18.6. The molecule has 5 heteroatoms. The van der Waals surface area contributed by atoms with E-state index in [1.54, 1.807) is 0 Å². The predicted molar refractivity (Wildman–Crippen MR) is 107 cm³/mol. The van der Waals surface area contributed by atoms with Gasteiger partial charge in [-0.3, -0.25) is 4.79 Å². The van der Waals surface area contributed by atoms with E-state index in [0.717, 1.165) is 28.0 Å². The summed E-state index contributed by atoms with van der Waals surface area (Å²) in [5, 5.41) is 17.0. The minimum Gasteiger partial charge on any atom is -0.312 e. The van der Waals surface area contributed by atoms with Crippen LogP contribution in [0.1, 0.15) is 65.2 Å². The Morgan fingerprint density at radius 1 is 1.23 bits per heavy atom. The van der Waals surface area contributed by atoms with Crippen LogP contribution in [0, 0.1) is 25.2 Å². The summed E-state index contributed by atoms with van der Waals surface area (Å²) in [7, 11) is 0. The molecule has 0 saturated carbocycles. The van der Waals surface area contributed by atoms with Gasteiger partial charge in [0.2, 0.25) is 0 Å². The number of benzene rings is 1. The first-order valence-electron chi connectivity index (χ1n) is 8.78. The Balaban J connectivity index is 2.00. The van der Waals surface area contributed by atoms with E-state index in [-0.39, 0.29) is 17.0 Å². The van der Waals surface area contributed by atoms with E-state index in [2.05, 4.69) is 44.4 Å². The molecule has 0 bridgehead atoms. The molecule has 26 heavy (non-hydrogen) atoms. The number of hydrogen-bond acceptors (Lipinski definition) is 4. The van der Waals surface area contributed by atoms with Gasteiger partial charge in [-0.2, -0.15) is 5.26 Å². The fourth-order valence-electron chi connectivity index (χ4n) is 3.79. The second-order valence-corrected chi connectivity index (χ2v) is 9.31. The first-order chi connectivity index (χ1) is 12.0. The molecule has 1 aromatic heterocycles. The van der Waals surface area contributed by atoms with Crippen LogP contribution < -0.4 is 10.6 Å². The highest BCUT2D eigenvalue weighted by Gasteiger charge is 2.40. The Morgan fingerprint density at radius 2 is 1.92 bits per heavy atom. The molecule has 2 N–H and O–H groups in total. The largest absolute Gasteiger partial charge is 0.312 e. The zero-order chi connectivity index (χ0) is 19.3. The van der Waals surface area contributed by atoms with Gasteiger partial charge in [-0.15, -0.1) is 11.3 Å². The van der Waals surface area contributed by atoms with Crippen molar-refractivity contribution in [3.8, 4) is 6.07 Å². The Kier molecular flexibility index (Phi) is 4.46. The molecule has 4 nitrogen and oxygen atoms in total. The number of aryl methyl sites for hydroxylation is 2. The standard InChI is InChI=1S/C21H25N3OS/c1-12-7-8-14(9-13(12)2)18(25)23-19-16(11-22)15-10-20(3,4)24-21(5,6)17(15)26-19/h7-9,24H,10H2,1-6H3,(H,23,25). The van der Waals surface area contributed by atoms with Crippen LogP contribution in [0.5, 0.6) is 0 Å². The van der Waals surface area contributed by atoms with Crippen molar-refractivity contribution in [2.45, 2.75) is 59.0 Å². The van der Waals surface area contributed by atoms with Crippen LogP contribution in [0.3, 0.4) is 0 Å². The fourth-order valence-corrected chi connectivity index (χ4v) is 5.01. The van der Waals surface area contributed by atoms with Crippen molar-refractivity contribution >= 4 is 22.2 Å². The number of nitrogens with one attached hydrogen (secondary N) is 2. The molecule has 2 heterocycles. The SMILES string of the molecule is Cc1ccc(C(=O)Nc2sc3c(c2C#N)CC(C)(C)NC3(C)C)cc1C. The minimum absolute atomic E-state index is 0.0987. The summed E-state index contributed by atoms with van der Waals surface area (Å²) in [6, 6.07) is 7.99. The molecule has 0 fully saturated rings. The average Bonchev–Trinajstić information content (AvgIpc) is 2.85. The Bertz CT molecular complexity index is 931. The number of anilines is 1. The molecule has 136 valence electrons. The number of rotatable bonds is 2. The second kappa shape index (κ2) is 6.22. The molecule has 0 radical (unpaired) electrons. The molecule has 0 spiro atoms. The van der Waals surface area contributed by atoms with E-state index in [0.29, 0.717) is 16.1 Å². The molecule has 0 aliphatic carbocycles. The number of amides is 1. The van der Waals surface area contributed by atoms with Crippen molar-refractivity contribution < 1.29 is 4.79 Å². The van der Waals surface area contributed by atoms with Crippen LogP contribution in [0.4, 0.5) is 5.00 Å². The number of fused-ring (bicyclic) bond motifs is 1. The molecule has 1 aliphatic heterocycles. The molecule has 0 atom stereocenters. The maximum absolute atomic E-state index is 12.7. The maximum Gasteiger partial charge on any atom is 0.256 e. The molecule has 1 aliphatic rings. The van der Waals surface area contributed by atoms with Gasteiger partial charge < -0.3 is 10.6 Å². The minimum atomic E-state index is -0.239. The van der Waals surface area contributed by atoms with Crippen LogP contribution in [0.15, 0.2) is 18.2 Å². The van der Waals surface area contributed by atoms with E-state index >= 15 is 0 Å². The molecular weight excluding hydrogens is 342 g/mol. The number of carbonyl (C=O) groups excluding carboxylic acids is 1. The number of carbonyl (C=O) groups is 1. The van der Waals surface area contributed by atoms with Crippen molar-refractivity contribution in [2.24, 2.45) is 0 Å². The second-order valence-electron chi connectivity index (χ2n) is 8.29. The van der Waals surface area contributed by atoms with Crippen LogP contribution in [0.25, 0.3) is 0 Å². The summed E-state index contributed by atoms with van der Waals surface area (Å²) >= 11 is 1.51. The summed E-state index contributed by atoms with van der Waals surface area (Å²) in [6.45, 7) is 12.5. The van der Waals surface area contributed by atoms with E-state index < -0.39 is 0 Å². The average molecular weight is 368 g/mol. The van der Waals surface area contributed by atoms with Crippen LogP contribution in [-0.2, 0) is 12.0 Å². The van der Waals surface area contributed by atoms with Gasteiger partial charge in [-0.25, -0.2) is 0 Å². The van der Waals surface area contributed by atoms with Crippen molar-refractivity contribution in [2.75, 3.05) is 5.32 Å². The zero-order valence-electron chi connectivity index (χ0n) is 16.2. The molecule has 0 unspecified atom stereocenters. The lowest BCUT2D eigenvalue weighted by Gasteiger charge is -2.42. The summed E-state index contributed by atoms with van der Waals surface area (Å²) in [5.74, 6) is -0.173. The predicted octanol–water partition coefficient (Wildman–Crippen LogP) is 4.65. The summed E-state index contributed by atoms with van der Waals surface area (Å²) in [5.41, 5.74) is 4.17. The molecule has 1 aromatic carbocycles. The van der Waals surface area contributed by atoms with Gasteiger partial charge in [0.1, 0.15) is 11.1 Å². The maximum atomic E-state index is 12.7. The quantitative estimate of drug-likeness (QED) is 0.812. The van der Waals surface area contributed by atoms with Gasteiger partial charge in [0.25, 0.3) is 5.91 Å². The van der Waals surface area contributed by atoms with Gasteiger partial charge in [0.05, 0.1) is 5.56 Å². The van der Waals surface area contributed by atoms with Crippen molar-refractivity contribution in [3.05, 3.63) is 50.9 Å². The third-order valence-electron chi connectivity index (χ3n) is 4.95. The summed E-state index contributed by atoms with van der Waals surface area (Å²) in [4.78, 5) is 13.8. The van der Waals surface area contributed by atoms with Crippen LogP contribution in [-0.4, -0.2) is 11.4 Å². The Labute approximate surface area is 159 Å². The van der Waals surface area contributed by atoms with E-state index in [9.17, 15) is 10.1 Å². The number of nitriles is 1. The van der Waals surface area contributed by atoms with Crippen LogP contribution in [0.2, 0.25) is 0 Å². The Morgan fingerprint density at radius 3 is 2.54 bits per heavy atom. The smallest absolute Gasteiger partial charge is 0.256 e. The van der Waals surface area contributed by atoms with Crippen molar-refractivity contribution in [1.82, 2.24) is 5.32 Å². The number of thiophene rings is 1. The fraction of sp³-hybridized carbons (Fsp3) is 0.429. The normalized spacial score (nSPS) is 17.3. The van der Waals surface area contributed by atoms with Gasteiger partial charge in [0, 0.05) is 21.5 Å². The Hall–Kier alpha value is -2.16. The lowest BCUT2D eigenvalue weighted by Crippen LogP contribution is -2.54. The molecule has 0 saturated heterocycles.